The fourth-order valence-corrected chi connectivity index (χ4v) is 1.02. The molecule has 0 aliphatic rings. The summed E-state index contributed by atoms with van der Waals surface area (Å²) in [5.74, 6) is 0. The molecular weight excluding hydrogens is 152 g/mol. The summed E-state index contributed by atoms with van der Waals surface area (Å²) in [5.41, 5.74) is 2.30. The Morgan fingerprint density at radius 1 is 1.08 bits per heavy atom. The van der Waals surface area contributed by atoms with Gasteiger partial charge >= 0.3 is 0 Å². The van der Waals surface area contributed by atoms with Crippen LogP contribution in [0.5, 0.6) is 0 Å². The zero-order valence-electron chi connectivity index (χ0n) is 7.25. The summed E-state index contributed by atoms with van der Waals surface area (Å²) in [4.78, 5) is 0. The maximum Gasteiger partial charge on any atom is 0.0718 e. The van der Waals surface area contributed by atoms with Crippen LogP contribution in [0.1, 0.15) is 11.1 Å². The van der Waals surface area contributed by atoms with E-state index in [1.807, 2.05) is 24.3 Å². The summed E-state index contributed by atoms with van der Waals surface area (Å²) < 4.78 is 9.73. The Morgan fingerprint density at radius 3 is 2.00 bits per heavy atom. The third-order valence-electron chi connectivity index (χ3n) is 1.60. The zero-order chi connectivity index (χ0) is 8.81. The van der Waals surface area contributed by atoms with Crippen molar-refractivity contribution in [2.75, 3.05) is 7.11 Å². The molecular formula is C10H13O2. The molecule has 0 saturated heterocycles. The SMILES string of the molecule is [CH2]OCc1ccc(COC)cc1. The van der Waals surface area contributed by atoms with Crippen molar-refractivity contribution in [3.8, 4) is 0 Å². The minimum Gasteiger partial charge on any atom is -0.380 e. The highest BCUT2D eigenvalue weighted by Gasteiger charge is 1.92. The summed E-state index contributed by atoms with van der Waals surface area (Å²) in [7, 11) is 5.00. The minimum absolute atomic E-state index is 0.563. The largest absolute Gasteiger partial charge is 0.380 e. The monoisotopic (exact) mass is 165 g/mol. The van der Waals surface area contributed by atoms with Crippen LogP contribution in [0, 0.1) is 7.11 Å². The molecule has 0 atom stereocenters. The Labute approximate surface area is 73.1 Å². The summed E-state index contributed by atoms with van der Waals surface area (Å²) in [6.45, 7) is 1.22. The Kier molecular flexibility index (Phi) is 3.77. The average molecular weight is 165 g/mol. The van der Waals surface area contributed by atoms with E-state index in [0.717, 1.165) is 5.56 Å². The van der Waals surface area contributed by atoms with Crippen molar-refractivity contribution in [1.29, 1.82) is 0 Å². The maximum absolute atomic E-state index is 4.98. The molecule has 2 heteroatoms. The standard InChI is InChI=1S/C10H13O2/c1-11-7-9-3-5-10(6-4-9)8-12-2/h3-6H,1,7-8H2,2H3. The van der Waals surface area contributed by atoms with E-state index in [9.17, 15) is 0 Å². The van der Waals surface area contributed by atoms with E-state index >= 15 is 0 Å². The van der Waals surface area contributed by atoms with Gasteiger partial charge in [-0.25, -0.2) is 0 Å². The molecule has 1 aromatic carbocycles. The summed E-state index contributed by atoms with van der Waals surface area (Å²) >= 11 is 0. The molecule has 0 unspecified atom stereocenters. The first kappa shape index (κ1) is 9.23. The molecule has 0 aliphatic heterocycles. The van der Waals surface area contributed by atoms with E-state index in [4.69, 9.17) is 9.47 Å². The molecule has 0 heterocycles. The fraction of sp³-hybridized carbons (Fsp3) is 0.300. The van der Waals surface area contributed by atoms with Crippen molar-refractivity contribution in [1.82, 2.24) is 0 Å². The molecule has 0 fully saturated rings. The van der Waals surface area contributed by atoms with Gasteiger partial charge in [0.2, 0.25) is 0 Å². The van der Waals surface area contributed by atoms with Crippen molar-refractivity contribution < 1.29 is 9.47 Å². The van der Waals surface area contributed by atoms with E-state index < -0.39 is 0 Å². The number of benzene rings is 1. The van der Waals surface area contributed by atoms with Gasteiger partial charge in [0.05, 0.1) is 20.3 Å². The van der Waals surface area contributed by atoms with Crippen molar-refractivity contribution in [2.45, 2.75) is 13.2 Å². The van der Waals surface area contributed by atoms with E-state index in [1.165, 1.54) is 5.56 Å². The smallest absolute Gasteiger partial charge is 0.0718 e. The van der Waals surface area contributed by atoms with Gasteiger partial charge in [0, 0.05) is 7.11 Å². The zero-order valence-corrected chi connectivity index (χ0v) is 7.25. The molecule has 0 bridgehead atoms. The van der Waals surface area contributed by atoms with Crippen molar-refractivity contribution >= 4 is 0 Å². The van der Waals surface area contributed by atoms with Crippen LogP contribution in [0.2, 0.25) is 0 Å². The van der Waals surface area contributed by atoms with E-state index in [2.05, 4.69) is 7.11 Å². The topological polar surface area (TPSA) is 18.5 Å². The third-order valence-corrected chi connectivity index (χ3v) is 1.60. The second-order valence-electron chi connectivity index (χ2n) is 2.60. The normalized spacial score (nSPS) is 10.2. The average Bonchev–Trinajstić information content (AvgIpc) is 2.09. The van der Waals surface area contributed by atoms with Crippen LogP contribution >= 0.6 is 0 Å². The molecule has 2 nitrogen and oxygen atoms in total. The Balaban J connectivity index is 2.58. The highest BCUT2D eigenvalue weighted by atomic mass is 16.5. The van der Waals surface area contributed by atoms with Gasteiger partial charge in [0.25, 0.3) is 0 Å². The van der Waals surface area contributed by atoms with Crippen LogP contribution in [0.25, 0.3) is 0 Å². The predicted molar refractivity (Wildman–Crippen MR) is 47.3 cm³/mol. The highest BCUT2D eigenvalue weighted by molar-refractivity contribution is 5.21. The van der Waals surface area contributed by atoms with Crippen LogP contribution in [-0.4, -0.2) is 7.11 Å². The Hall–Kier alpha value is -0.860. The van der Waals surface area contributed by atoms with E-state index in [-0.39, 0.29) is 0 Å². The van der Waals surface area contributed by atoms with Gasteiger partial charge in [-0.1, -0.05) is 24.3 Å². The first-order valence-electron chi connectivity index (χ1n) is 3.80. The molecule has 1 rings (SSSR count). The summed E-state index contributed by atoms with van der Waals surface area (Å²) in [6, 6.07) is 8.08. The van der Waals surface area contributed by atoms with Gasteiger partial charge in [-0.3, -0.25) is 0 Å². The lowest BCUT2D eigenvalue weighted by Gasteiger charge is -2.01. The van der Waals surface area contributed by atoms with Crippen LogP contribution in [-0.2, 0) is 22.7 Å². The molecule has 12 heavy (non-hydrogen) atoms. The van der Waals surface area contributed by atoms with Crippen molar-refractivity contribution in [3.05, 3.63) is 42.5 Å². The van der Waals surface area contributed by atoms with Crippen LogP contribution in [0.3, 0.4) is 0 Å². The Morgan fingerprint density at radius 2 is 1.58 bits per heavy atom. The van der Waals surface area contributed by atoms with Gasteiger partial charge < -0.3 is 9.47 Å². The summed E-state index contributed by atoms with van der Waals surface area (Å²) in [6.07, 6.45) is 0. The van der Waals surface area contributed by atoms with Crippen LogP contribution in [0.15, 0.2) is 24.3 Å². The summed E-state index contributed by atoms with van der Waals surface area (Å²) in [5, 5.41) is 0. The maximum atomic E-state index is 4.98. The van der Waals surface area contributed by atoms with Gasteiger partial charge in [-0.15, -0.1) is 0 Å². The van der Waals surface area contributed by atoms with Gasteiger partial charge in [-0.2, -0.15) is 0 Å². The number of hydrogen-bond acceptors (Lipinski definition) is 2. The Bertz CT molecular complexity index is 191. The first-order chi connectivity index (χ1) is 5.86. The lowest BCUT2D eigenvalue weighted by Crippen LogP contribution is -1.89. The lowest BCUT2D eigenvalue weighted by molar-refractivity contribution is 0.184. The molecule has 0 spiro atoms. The third kappa shape index (κ3) is 2.64. The van der Waals surface area contributed by atoms with Crippen molar-refractivity contribution in [2.24, 2.45) is 0 Å². The number of methoxy groups -OCH3 is 1. The number of rotatable bonds is 4. The highest BCUT2D eigenvalue weighted by Crippen LogP contribution is 2.06. The van der Waals surface area contributed by atoms with Gasteiger partial charge in [-0.05, 0) is 11.1 Å². The van der Waals surface area contributed by atoms with E-state index in [1.54, 1.807) is 7.11 Å². The molecule has 0 saturated carbocycles. The van der Waals surface area contributed by atoms with Crippen LogP contribution < -0.4 is 0 Å². The molecule has 0 aromatic heterocycles. The lowest BCUT2D eigenvalue weighted by atomic mass is 10.1. The molecule has 0 amide bonds. The van der Waals surface area contributed by atoms with E-state index in [0.29, 0.717) is 13.2 Å². The second kappa shape index (κ2) is 4.91. The molecule has 0 N–H and O–H groups in total. The molecule has 65 valence electrons. The van der Waals surface area contributed by atoms with Gasteiger partial charge in [0.1, 0.15) is 0 Å². The second-order valence-corrected chi connectivity index (χ2v) is 2.60. The molecule has 1 aromatic rings. The minimum atomic E-state index is 0.563. The predicted octanol–water partition coefficient (Wildman–Crippen LogP) is 2.14. The van der Waals surface area contributed by atoms with Crippen molar-refractivity contribution in [3.63, 3.8) is 0 Å². The molecule has 0 aliphatic carbocycles. The number of ether oxygens (including phenoxy) is 2. The number of hydrogen-bond donors (Lipinski definition) is 0. The molecule has 1 radical (unpaired) electrons. The fourth-order valence-electron chi connectivity index (χ4n) is 1.02. The van der Waals surface area contributed by atoms with Crippen LogP contribution in [0.4, 0.5) is 0 Å². The van der Waals surface area contributed by atoms with Gasteiger partial charge in [0.15, 0.2) is 0 Å². The quantitative estimate of drug-likeness (QED) is 0.680. The first-order valence-corrected chi connectivity index (χ1v) is 3.80.